The fourth-order valence-electron chi connectivity index (χ4n) is 0.310. The monoisotopic (exact) mass is 196 g/mol. The van der Waals surface area contributed by atoms with Gasteiger partial charge in [-0.1, -0.05) is 15.9 Å². The van der Waals surface area contributed by atoms with E-state index < -0.39 is 16.9 Å². The number of carbonyl (C=O) groups excluding carboxylic acids is 1. The highest BCUT2D eigenvalue weighted by Crippen LogP contribution is 2.06. The van der Waals surface area contributed by atoms with Gasteiger partial charge in [0.2, 0.25) is 0 Å². The Morgan fingerprint density at radius 2 is 2.22 bits per heavy atom. The Morgan fingerprint density at radius 1 is 1.78 bits per heavy atom. The van der Waals surface area contributed by atoms with Gasteiger partial charge in [0.1, 0.15) is 4.83 Å². The fourth-order valence-corrected chi connectivity index (χ4v) is 0.496. The predicted molar refractivity (Wildman–Crippen MR) is 36.4 cm³/mol. The van der Waals surface area contributed by atoms with E-state index in [1.54, 1.807) is 0 Å². The van der Waals surface area contributed by atoms with E-state index in [-0.39, 0.29) is 0 Å². The van der Waals surface area contributed by atoms with E-state index in [1.807, 2.05) is 0 Å². The summed E-state index contributed by atoms with van der Waals surface area (Å²) in [6.45, 7) is 1.51. The molecule has 0 spiro atoms. The predicted octanol–water partition coefficient (Wildman–Crippen LogP) is 0.304. The van der Waals surface area contributed by atoms with Gasteiger partial charge < -0.3 is 9.84 Å². The SMILES string of the molecule is COC(=O)[C@@H](Br)C(C)O. The third-order valence-corrected chi connectivity index (χ3v) is 1.99. The van der Waals surface area contributed by atoms with Crippen molar-refractivity contribution in [2.75, 3.05) is 7.11 Å². The topological polar surface area (TPSA) is 46.5 Å². The fraction of sp³-hybridized carbons (Fsp3) is 0.800. The van der Waals surface area contributed by atoms with Crippen LogP contribution >= 0.6 is 15.9 Å². The van der Waals surface area contributed by atoms with Crippen molar-refractivity contribution in [1.82, 2.24) is 0 Å². The number of hydrogen-bond donors (Lipinski definition) is 1. The molecule has 3 nitrogen and oxygen atoms in total. The van der Waals surface area contributed by atoms with Crippen molar-refractivity contribution >= 4 is 21.9 Å². The number of alkyl halides is 1. The minimum atomic E-state index is -0.711. The van der Waals surface area contributed by atoms with Crippen molar-refractivity contribution in [3.05, 3.63) is 0 Å². The van der Waals surface area contributed by atoms with Crippen LogP contribution in [0.25, 0.3) is 0 Å². The van der Waals surface area contributed by atoms with Crippen LogP contribution in [0, 0.1) is 0 Å². The van der Waals surface area contributed by atoms with Crippen LogP contribution in [0.5, 0.6) is 0 Å². The molecule has 0 saturated carbocycles. The van der Waals surface area contributed by atoms with Gasteiger partial charge in [0.15, 0.2) is 0 Å². The van der Waals surface area contributed by atoms with E-state index in [1.165, 1.54) is 14.0 Å². The summed E-state index contributed by atoms with van der Waals surface area (Å²) in [7, 11) is 1.28. The van der Waals surface area contributed by atoms with Crippen molar-refractivity contribution in [2.24, 2.45) is 0 Å². The smallest absolute Gasteiger partial charge is 0.322 e. The van der Waals surface area contributed by atoms with Crippen LogP contribution in [0.2, 0.25) is 0 Å². The van der Waals surface area contributed by atoms with Gasteiger partial charge in [0.05, 0.1) is 13.2 Å². The molecule has 0 aromatic carbocycles. The summed E-state index contributed by atoms with van der Waals surface area (Å²) < 4.78 is 4.33. The molecular weight excluding hydrogens is 188 g/mol. The number of aliphatic hydroxyl groups excluding tert-OH is 1. The molecule has 0 aromatic heterocycles. The lowest BCUT2D eigenvalue weighted by molar-refractivity contribution is -0.141. The molecule has 0 radical (unpaired) electrons. The third-order valence-electron chi connectivity index (χ3n) is 0.850. The minimum absolute atomic E-state index is 0.454. The number of esters is 1. The van der Waals surface area contributed by atoms with Gasteiger partial charge in [-0.15, -0.1) is 0 Å². The van der Waals surface area contributed by atoms with Gasteiger partial charge in [0, 0.05) is 0 Å². The van der Waals surface area contributed by atoms with Gasteiger partial charge in [-0.05, 0) is 6.92 Å². The molecule has 9 heavy (non-hydrogen) atoms. The van der Waals surface area contributed by atoms with E-state index in [2.05, 4.69) is 20.7 Å². The molecule has 4 heteroatoms. The van der Waals surface area contributed by atoms with E-state index >= 15 is 0 Å². The molecule has 2 atom stereocenters. The third kappa shape index (κ3) is 2.81. The minimum Gasteiger partial charge on any atom is -0.468 e. The number of rotatable bonds is 2. The highest BCUT2D eigenvalue weighted by Gasteiger charge is 2.19. The van der Waals surface area contributed by atoms with Gasteiger partial charge in [-0.25, -0.2) is 0 Å². The molecule has 0 heterocycles. The molecule has 54 valence electrons. The quantitative estimate of drug-likeness (QED) is 0.511. The molecule has 1 N–H and O–H groups in total. The Hall–Kier alpha value is -0.0900. The highest BCUT2D eigenvalue weighted by atomic mass is 79.9. The lowest BCUT2D eigenvalue weighted by Gasteiger charge is -2.08. The van der Waals surface area contributed by atoms with Crippen LogP contribution in [0.3, 0.4) is 0 Å². The Labute approximate surface area is 62.1 Å². The largest absolute Gasteiger partial charge is 0.468 e. The molecular formula is C5H9BrO3. The molecule has 0 fully saturated rings. The van der Waals surface area contributed by atoms with E-state index in [9.17, 15) is 4.79 Å². The van der Waals surface area contributed by atoms with Crippen LogP contribution in [0.15, 0.2) is 0 Å². The first kappa shape index (κ1) is 8.91. The standard InChI is InChI=1S/C5H9BrO3/c1-3(7)4(6)5(8)9-2/h3-4,7H,1-2H3/t3?,4-/m0/s1. The summed E-state index contributed by atoms with van der Waals surface area (Å²) in [4.78, 5) is 9.92. The van der Waals surface area contributed by atoms with Crippen molar-refractivity contribution in [2.45, 2.75) is 17.9 Å². The maximum Gasteiger partial charge on any atom is 0.322 e. The van der Waals surface area contributed by atoms with Gasteiger partial charge in [-0.2, -0.15) is 0 Å². The number of halogens is 1. The first-order valence-electron chi connectivity index (χ1n) is 2.49. The van der Waals surface area contributed by atoms with E-state index in [0.29, 0.717) is 0 Å². The second-order valence-corrected chi connectivity index (χ2v) is 2.65. The Kier molecular flexibility index (Phi) is 3.81. The van der Waals surface area contributed by atoms with Crippen LogP contribution in [0.1, 0.15) is 6.92 Å². The lowest BCUT2D eigenvalue weighted by atomic mass is 10.3. The van der Waals surface area contributed by atoms with E-state index in [4.69, 9.17) is 5.11 Å². The summed E-state index contributed by atoms with van der Waals surface area (Å²) in [5.74, 6) is -0.454. The summed E-state index contributed by atoms with van der Waals surface area (Å²) in [5, 5.41) is 8.77. The molecule has 0 aliphatic heterocycles. The van der Waals surface area contributed by atoms with Crippen molar-refractivity contribution < 1.29 is 14.6 Å². The molecule has 0 saturated heterocycles. The average molecular weight is 197 g/mol. The van der Waals surface area contributed by atoms with Gasteiger partial charge in [-0.3, -0.25) is 4.79 Å². The molecule has 1 unspecified atom stereocenters. The Morgan fingerprint density at radius 3 is 2.33 bits per heavy atom. The number of hydrogen-bond acceptors (Lipinski definition) is 3. The van der Waals surface area contributed by atoms with Gasteiger partial charge in [0.25, 0.3) is 0 Å². The molecule has 0 amide bonds. The molecule has 0 aliphatic rings. The zero-order valence-electron chi connectivity index (χ0n) is 5.30. The normalized spacial score (nSPS) is 16.4. The van der Waals surface area contributed by atoms with Crippen LogP contribution in [0.4, 0.5) is 0 Å². The average Bonchev–Trinajstić information content (AvgIpc) is 1.84. The summed E-state index contributed by atoms with van der Waals surface area (Å²) in [6.07, 6.45) is -0.711. The summed E-state index contributed by atoms with van der Waals surface area (Å²) >= 11 is 2.94. The lowest BCUT2D eigenvalue weighted by Crippen LogP contribution is -2.26. The molecule has 0 bridgehead atoms. The zero-order valence-corrected chi connectivity index (χ0v) is 6.88. The number of ether oxygens (including phenoxy) is 1. The first-order chi connectivity index (χ1) is 4.09. The van der Waals surface area contributed by atoms with E-state index in [0.717, 1.165) is 0 Å². The number of aliphatic hydroxyl groups is 1. The molecule has 0 aromatic rings. The maximum absolute atomic E-state index is 10.5. The van der Waals surface area contributed by atoms with Gasteiger partial charge >= 0.3 is 5.97 Å². The van der Waals surface area contributed by atoms with Crippen molar-refractivity contribution in [1.29, 1.82) is 0 Å². The second kappa shape index (κ2) is 3.85. The van der Waals surface area contributed by atoms with Crippen LogP contribution < -0.4 is 0 Å². The second-order valence-electron chi connectivity index (χ2n) is 1.67. The Bertz CT molecular complexity index is 102. The summed E-state index contributed by atoms with van der Waals surface area (Å²) in [5.41, 5.74) is 0. The molecule has 0 rings (SSSR count). The Balaban J connectivity index is 3.72. The number of methoxy groups -OCH3 is 1. The zero-order chi connectivity index (χ0) is 7.44. The van der Waals surface area contributed by atoms with Crippen molar-refractivity contribution in [3.63, 3.8) is 0 Å². The van der Waals surface area contributed by atoms with Crippen LogP contribution in [-0.2, 0) is 9.53 Å². The highest BCUT2D eigenvalue weighted by molar-refractivity contribution is 9.10. The van der Waals surface area contributed by atoms with Crippen molar-refractivity contribution in [3.8, 4) is 0 Å². The molecule has 0 aliphatic carbocycles. The summed E-state index contributed by atoms with van der Waals surface area (Å²) in [6, 6.07) is 0. The van der Waals surface area contributed by atoms with Crippen LogP contribution in [-0.4, -0.2) is 29.1 Å². The number of carbonyl (C=O) groups is 1. The maximum atomic E-state index is 10.5. The first-order valence-corrected chi connectivity index (χ1v) is 3.41.